The molecular formula is C23H27ClF2N2O2S. The first-order valence-electron chi connectivity index (χ1n) is 10.1. The average Bonchev–Trinajstić information content (AvgIpc) is 2.70. The minimum absolute atomic E-state index is 0.0529. The van der Waals surface area contributed by atoms with E-state index in [2.05, 4.69) is 5.32 Å². The number of halogens is 3. The molecule has 168 valence electrons. The Balaban J connectivity index is 2.16. The van der Waals surface area contributed by atoms with Crippen molar-refractivity contribution in [3.63, 3.8) is 0 Å². The van der Waals surface area contributed by atoms with Crippen molar-refractivity contribution in [2.24, 2.45) is 0 Å². The average molecular weight is 469 g/mol. The van der Waals surface area contributed by atoms with Gasteiger partial charge in [-0.1, -0.05) is 36.7 Å². The lowest BCUT2D eigenvalue weighted by molar-refractivity contribution is -0.139. The molecule has 0 saturated heterocycles. The van der Waals surface area contributed by atoms with Gasteiger partial charge in [0.15, 0.2) is 0 Å². The highest BCUT2D eigenvalue weighted by Crippen LogP contribution is 2.24. The molecule has 1 N–H and O–H groups in total. The number of benzene rings is 2. The fourth-order valence-electron chi connectivity index (χ4n) is 3.08. The van der Waals surface area contributed by atoms with Crippen LogP contribution in [-0.2, 0) is 21.9 Å². The molecule has 2 amide bonds. The van der Waals surface area contributed by atoms with Crippen molar-refractivity contribution >= 4 is 35.2 Å². The molecule has 8 heteroatoms. The van der Waals surface area contributed by atoms with Gasteiger partial charge in [-0.05, 0) is 50.1 Å². The highest BCUT2D eigenvalue weighted by Gasteiger charge is 2.29. The van der Waals surface area contributed by atoms with Crippen molar-refractivity contribution in [1.29, 1.82) is 0 Å². The Morgan fingerprint density at radius 2 is 1.81 bits per heavy atom. The van der Waals surface area contributed by atoms with Gasteiger partial charge in [-0.2, -0.15) is 0 Å². The number of thioether (sulfide) groups is 1. The lowest BCUT2D eigenvalue weighted by Gasteiger charge is -2.31. The van der Waals surface area contributed by atoms with E-state index in [0.29, 0.717) is 22.6 Å². The van der Waals surface area contributed by atoms with Crippen LogP contribution >= 0.6 is 23.4 Å². The summed E-state index contributed by atoms with van der Waals surface area (Å²) in [6, 6.07) is 9.55. The Hall–Kier alpha value is -2.12. The highest BCUT2D eigenvalue weighted by molar-refractivity contribution is 7.99. The number of nitrogens with one attached hydrogen (secondary N) is 1. The Morgan fingerprint density at radius 3 is 2.39 bits per heavy atom. The molecule has 0 heterocycles. The zero-order chi connectivity index (χ0) is 23.0. The number of amides is 2. The topological polar surface area (TPSA) is 49.4 Å². The number of carbonyl (C=O) groups excluding carboxylic acids is 2. The molecule has 0 aliphatic rings. The molecule has 2 aromatic rings. The largest absolute Gasteiger partial charge is 0.352 e. The van der Waals surface area contributed by atoms with Crippen LogP contribution in [0.15, 0.2) is 42.5 Å². The monoisotopic (exact) mass is 468 g/mol. The van der Waals surface area contributed by atoms with Crippen LogP contribution in [-0.4, -0.2) is 34.6 Å². The first-order valence-corrected chi connectivity index (χ1v) is 11.6. The molecule has 0 aliphatic heterocycles. The standard InChI is InChI=1S/C23H27ClF2N2O2S/c1-4-21(23(30)27-15(2)3)28(12-16-8-10-17(25)11-9-16)22(29)14-31-13-18-19(24)6-5-7-20(18)26/h5-11,15,21H,4,12-14H2,1-3H3,(H,27,30)/t21-/m0/s1. The van der Waals surface area contributed by atoms with Gasteiger partial charge in [0, 0.05) is 28.9 Å². The first-order chi connectivity index (χ1) is 14.7. The van der Waals surface area contributed by atoms with Gasteiger partial charge in [-0.15, -0.1) is 11.8 Å². The molecule has 0 spiro atoms. The fourth-order valence-corrected chi connectivity index (χ4v) is 4.33. The van der Waals surface area contributed by atoms with E-state index in [1.54, 1.807) is 18.2 Å². The van der Waals surface area contributed by atoms with Crippen LogP contribution in [0.4, 0.5) is 8.78 Å². The minimum atomic E-state index is -0.669. The third-order valence-electron chi connectivity index (χ3n) is 4.62. The van der Waals surface area contributed by atoms with Gasteiger partial charge in [-0.25, -0.2) is 8.78 Å². The predicted octanol–water partition coefficient (Wildman–Crippen LogP) is 5.18. The van der Waals surface area contributed by atoms with E-state index in [9.17, 15) is 18.4 Å². The summed E-state index contributed by atoms with van der Waals surface area (Å²) in [5, 5.41) is 3.17. The Kier molecular flexibility index (Phi) is 9.78. The zero-order valence-corrected chi connectivity index (χ0v) is 19.4. The number of hydrogen-bond donors (Lipinski definition) is 1. The lowest BCUT2D eigenvalue weighted by Crippen LogP contribution is -2.50. The van der Waals surface area contributed by atoms with Crippen LogP contribution in [0.5, 0.6) is 0 Å². The number of rotatable bonds is 10. The Morgan fingerprint density at radius 1 is 1.13 bits per heavy atom. The molecule has 0 fully saturated rings. The van der Waals surface area contributed by atoms with Crippen molar-refractivity contribution in [3.8, 4) is 0 Å². The number of hydrogen-bond acceptors (Lipinski definition) is 3. The van der Waals surface area contributed by atoms with Crippen LogP contribution in [0.3, 0.4) is 0 Å². The van der Waals surface area contributed by atoms with Gasteiger partial charge in [0.25, 0.3) is 0 Å². The van der Waals surface area contributed by atoms with E-state index in [4.69, 9.17) is 11.6 Å². The molecule has 0 unspecified atom stereocenters. The molecule has 2 rings (SSSR count). The van der Waals surface area contributed by atoms with E-state index in [-0.39, 0.29) is 41.7 Å². The molecule has 0 aliphatic carbocycles. The van der Waals surface area contributed by atoms with E-state index in [1.165, 1.54) is 40.9 Å². The van der Waals surface area contributed by atoms with Gasteiger partial charge in [0.2, 0.25) is 11.8 Å². The summed E-state index contributed by atoms with van der Waals surface area (Å²) in [7, 11) is 0. The third-order valence-corrected chi connectivity index (χ3v) is 5.91. The molecule has 1 atom stereocenters. The first kappa shape index (κ1) is 25.1. The summed E-state index contributed by atoms with van der Waals surface area (Å²) < 4.78 is 27.3. The normalized spacial score (nSPS) is 12.0. The van der Waals surface area contributed by atoms with Gasteiger partial charge in [-0.3, -0.25) is 9.59 Å². The zero-order valence-electron chi connectivity index (χ0n) is 17.8. The summed E-state index contributed by atoms with van der Waals surface area (Å²) in [6.45, 7) is 5.71. The van der Waals surface area contributed by atoms with E-state index < -0.39 is 11.9 Å². The van der Waals surface area contributed by atoms with Crippen LogP contribution in [0.1, 0.15) is 38.3 Å². The smallest absolute Gasteiger partial charge is 0.243 e. The maximum absolute atomic E-state index is 14.0. The van der Waals surface area contributed by atoms with E-state index in [1.807, 2.05) is 20.8 Å². The van der Waals surface area contributed by atoms with Crippen LogP contribution in [0, 0.1) is 11.6 Å². The summed E-state index contributed by atoms with van der Waals surface area (Å²) in [6.07, 6.45) is 0.426. The molecule has 0 radical (unpaired) electrons. The van der Waals surface area contributed by atoms with E-state index >= 15 is 0 Å². The summed E-state index contributed by atoms with van der Waals surface area (Å²) in [5.74, 6) is -1.00. The van der Waals surface area contributed by atoms with Gasteiger partial charge >= 0.3 is 0 Å². The van der Waals surface area contributed by atoms with Crippen LogP contribution in [0.25, 0.3) is 0 Å². The Bertz CT molecular complexity index is 873. The summed E-state index contributed by atoms with van der Waals surface area (Å²) in [4.78, 5) is 27.3. The Labute approximate surface area is 191 Å². The van der Waals surface area contributed by atoms with Gasteiger partial charge in [0.1, 0.15) is 17.7 Å². The summed E-state index contributed by atoms with van der Waals surface area (Å²) in [5.41, 5.74) is 1.06. The highest BCUT2D eigenvalue weighted by atomic mass is 35.5. The van der Waals surface area contributed by atoms with Gasteiger partial charge < -0.3 is 10.2 Å². The van der Waals surface area contributed by atoms with Crippen LogP contribution < -0.4 is 5.32 Å². The van der Waals surface area contributed by atoms with Crippen molar-refractivity contribution in [2.45, 2.75) is 51.6 Å². The van der Waals surface area contributed by atoms with Crippen molar-refractivity contribution in [1.82, 2.24) is 10.2 Å². The third kappa shape index (κ3) is 7.51. The second kappa shape index (κ2) is 12.1. The molecule has 0 aromatic heterocycles. The molecule has 0 saturated carbocycles. The van der Waals surface area contributed by atoms with Crippen molar-refractivity contribution < 1.29 is 18.4 Å². The molecule has 2 aromatic carbocycles. The summed E-state index contributed by atoms with van der Waals surface area (Å²) >= 11 is 7.29. The quantitative estimate of drug-likeness (QED) is 0.522. The maximum atomic E-state index is 14.0. The SMILES string of the molecule is CC[C@@H](C(=O)NC(C)C)N(Cc1ccc(F)cc1)C(=O)CSCc1c(F)cccc1Cl. The minimum Gasteiger partial charge on any atom is -0.352 e. The predicted molar refractivity (Wildman–Crippen MR) is 122 cm³/mol. The second-order valence-electron chi connectivity index (χ2n) is 7.43. The maximum Gasteiger partial charge on any atom is 0.243 e. The van der Waals surface area contributed by atoms with E-state index in [0.717, 1.165) is 0 Å². The molecule has 0 bridgehead atoms. The van der Waals surface area contributed by atoms with Crippen LogP contribution in [0.2, 0.25) is 5.02 Å². The lowest BCUT2D eigenvalue weighted by atomic mass is 10.1. The fraction of sp³-hybridized carbons (Fsp3) is 0.391. The van der Waals surface area contributed by atoms with Crippen molar-refractivity contribution in [2.75, 3.05) is 5.75 Å². The molecule has 31 heavy (non-hydrogen) atoms. The number of nitrogens with zero attached hydrogens (tertiary/aromatic N) is 1. The molecular weight excluding hydrogens is 442 g/mol. The number of carbonyl (C=O) groups is 2. The molecule has 4 nitrogen and oxygen atoms in total. The second-order valence-corrected chi connectivity index (χ2v) is 8.82. The van der Waals surface area contributed by atoms with Crippen molar-refractivity contribution in [3.05, 3.63) is 70.2 Å². The van der Waals surface area contributed by atoms with Gasteiger partial charge in [0.05, 0.1) is 5.75 Å².